The summed E-state index contributed by atoms with van der Waals surface area (Å²) in [6.07, 6.45) is 12.3. The molecule has 0 saturated carbocycles. The summed E-state index contributed by atoms with van der Waals surface area (Å²) in [6.45, 7) is 41.8. The first-order valence-corrected chi connectivity index (χ1v) is 40.5. The molecule has 0 aliphatic carbocycles. The molecule has 36 heteroatoms. The van der Waals surface area contributed by atoms with Gasteiger partial charge in [0.25, 0.3) is 10.1 Å². The van der Waals surface area contributed by atoms with E-state index in [1.54, 1.807) is 37.8 Å². The molecule has 6 saturated heterocycles. The van der Waals surface area contributed by atoms with Crippen LogP contribution in [0.5, 0.6) is 0 Å². The number of ether oxygens (including phenoxy) is 11. The number of aliphatic hydroxyl groups excluding tert-OH is 3. The van der Waals surface area contributed by atoms with Gasteiger partial charge >= 0.3 is 60.0 Å². The van der Waals surface area contributed by atoms with Crippen molar-refractivity contribution in [2.24, 2.45) is 40.4 Å². The summed E-state index contributed by atoms with van der Waals surface area (Å²) in [5.41, 5.74) is 25.3. The van der Waals surface area contributed by atoms with E-state index < -0.39 is 74.3 Å². The molecule has 10 atom stereocenters. The molecule has 0 aromatic heterocycles. The minimum atomic E-state index is -3.91. The fraction of sp³-hybridized carbons (Fsp3) is 0.857. The average molecular weight is 1640 g/mol. The summed E-state index contributed by atoms with van der Waals surface area (Å²) < 4.78 is 89.7. The van der Waals surface area contributed by atoms with Crippen LogP contribution >= 0.6 is 0 Å². The number of nitrogens with two attached hydrogens (primary N) is 1. The van der Waals surface area contributed by atoms with E-state index in [-0.39, 0.29) is 90.4 Å². The van der Waals surface area contributed by atoms with Crippen molar-refractivity contribution >= 4 is 40.6 Å². The summed E-state index contributed by atoms with van der Waals surface area (Å²) >= 11 is 0. The van der Waals surface area contributed by atoms with Crippen molar-refractivity contribution in [2.75, 3.05) is 113 Å². The summed E-state index contributed by atoms with van der Waals surface area (Å²) in [6, 6.07) is 5.51. The van der Waals surface area contributed by atoms with Gasteiger partial charge in [-0.2, -0.15) is 8.42 Å². The molecule has 6 heterocycles. The van der Waals surface area contributed by atoms with Gasteiger partial charge in [0.1, 0.15) is 33.7 Å². The zero-order valence-electron chi connectivity index (χ0n) is 72.0. The first-order chi connectivity index (χ1) is 52.4. The van der Waals surface area contributed by atoms with Crippen LogP contribution in [-0.2, 0) is 66.4 Å². The molecule has 7 rings (SSSR count). The quantitative estimate of drug-likeness (QED) is 0.0134. The minimum absolute atomic E-state index is 0. The van der Waals surface area contributed by atoms with Crippen molar-refractivity contribution in [1.82, 2.24) is 26.2 Å². The zero-order valence-corrected chi connectivity index (χ0v) is 74.8. The standard InChI is InChI=1S/C20H31NO6S.C16H29NO4.C13H24N4O3.C13H26N2O3.C13H25NO4.2CH4O.N3.Na/c1-15-7-9-18(10-8-15)28(23,24)26-14-17(12-16-6-5-11-25-13-16)21-19(22)27-20(2,3)4;1-15(2,3)21-14(18)17-13(11-20-16(17,4)5)9-12-7-6-8-19-10-12;1-13(2,3)20-12(18)16-11(8-15-17-14)7-10-5-4-6-19-9-10;1-13(2,3)18-12(16)15-11(8-14)7-10-5-4-6-17-9-10;1-13(2,3)18-12(16)14-11(8-15)7-10-5-4-6-17-9-10;2*1-2;1-3-2;/h7-10,16-17H,5-6,11-14H2,1-4H3,(H,21,22);12-13H,6-11H2,1-5H3;10-11H,4-9H2,1-3H3,(H,16,18);10-11H,4-9,14H2,1-3H3,(H,15,16);10-11,15H,4-9H2,1-3H3,(H,14,16);2*2H,1H3;;/q;;;;;;;-1;+1/t16-,17+;12-,13+;3*10-,11+;;;;/m11111..../s1. The maximum Gasteiger partial charge on any atom is 1.00 e. The molecule has 113 heavy (non-hydrogen) atoms. The molecule has 0 bridgehead atoms. The van der Waals surface area contributed by atoms with Crippen LogP contribution in [0.4, 0.5) is 24.0 Å². The molecule has 1 aromatic carbocycles. The normalized spacial score (nSPS) is 21.2. The number of carbonyl (C=O) groups excluding carboxylic acids is 5. The molecule has 0 radical (unpaired) electrons. The van der Waals surface area contributed by atoms with Crippen LogP contribution in [-0.4, -0.2) is 236 Å². The molecule has 5 amide bonds. The Bertz CT molecular complexity index is 2890. The number of hydrogen-bond acceptors (Lipinski definition) is 24. The first-order valence-electron chi connectivity index (χ1n) is 39.1. The number of nitrogens with one attached hydrogen (secondary N) is 4. The van der Waals surface area contributed by atoms with E-state index >= 15 is 0 Å². The van der Waals surface area contributed by atoms with Gasteiger partial charge in [-0.3, -0.25) is 14.0 Å². The Kier molecular flexibility index (Phi) is 56.1. The molecule has 9 N–H and O–H groups in total. The van der Waals surface area contributed by atoms with Crippen molar-refractivity contribution in [3.05, 3.63) is 56.2 Å². The van der Waals surface area contributed by atoms with Crippen molar-refractivity contribution in [3.8, 4) is 0 Å². The molecule has 1 aromatic rings. The van der Waals surface area contributed by atoms with E-state index in [1.165, 1.54) is 23.5 Å². The smallest absolute Gasteiger partial charge is 0.444 e. The van der Waals surface area contributed by atoms with E-state index in [4.69, 9.17) is 88.8 Å². The van der Waals surface area contributed by atoms with E-state index in [1.807, 2.05) is 104 Å². The number of benzene rings is 1. The van der Waals surface area contributed by atoms with Crippen LogP contribution < -0.4 is 56.6 Å². The molecule has 0 unspecified atom stereocenters. The van der Waals surface area contributed by atoms with Gasteiger partial charge < -0.3 is 105 Å². The molecule has 6 aliphatic rings. The minimum Gasteiger partial charge on any atom is -0.444 e. The van der Waals surface area contributed by atoms with E-state index in [9.17, 15) is 37.5 Å². The maximum atomic E-state index is 12.5. The van der Waals surface area contributed by atoms with E-state index in [0.29, 0.717) is 63.1 Å². The monoisotopic (exact) mass is 1640 g/mol. The van der Waals surface area contributed by atoms with Gasteiger partial charge in [-0.25, -0.2) is 24.0 Å². The Morgan fingerprint density at radius 1 is 0.540 bits per heavy atom. The van der Waals surface area contributed by atoms with Gasteiger partial charge in [-0.15, -0.1) is 0 Å². The maximum absolute atomic E-state index is 12.5. The summed E-state index contributed by atoms with van der Waals surface area (Å²) in [5, 5.41) is 37.9. The molecule has 0 spiro atoms. The van der Waals surface area contributed by atoms with Crippen molar-refractivity contribution < 1.29 is 134 Å². The zero-order chi connectivity index (χ0) is 85.4. The predicted molar refractivity (Wildman–Crippen MR) is 426 cm³/mol. The van der Waals surface area contributed by atoms with Gasteiger partial charge in [0.15, 0.2) is 0 Å². The number of aryl methyl sites for hydroxylation is 1. The van der Waals surface area contributed by atoms with Crippen LogP contribution in [0.1, 0.15) is 220 Å². The number of alkyl carbamates (subject to hydrolysis) is 4. The number of carbonyl (C=O) groups is 5. The second kappa shape index (κ2) is 57.7. The molecular weight excluding hydrogens is 1500 g/mol. The molecule has 650 valence electrons. The summed E-state index contributed by atoms with van der Waals surface area (Å²) in [5.74, 6) is 2.02. The van der Waals surface area contributed by atoms with E-state index in [0.717, 1.165) is 150 Å². The summed E-state index contributed by atoms with van der Waals surface area (Å²) in [7, 11) is -1.91. The largest absolute Gasteiger partial charge is 1.00 e. The molecule has 6 fully saturated rings. The Balaban J connectivity index is 0. The van der Waals surface area contributed by atoms with Crippen molar-refractivity contribution in [3.63, 3.8) is 0 Å². The van der Waals surface area contributed by atoms with Crippen molar-refractivity contribution in [2.45, 2.75) is 290 Å². The SMILES string of the molecule is CC(C)(C)OC(=O)N1[C@@H](C[C@H]2CCCOC2)COC1(C)C.CC(C)(C)OC(=O)N[C@H](CN)C[C@H]1CCCOC1.CC(C)(C)OC(=O)N[C@H](CN=[N+]=[N-])C[C@H]1CCCOC1.CC(C)(C)OC(=O)N[C@H](CO)C[C@H]1CCCOC1.CO.CO.Cc1ccc(S(=O)(=O)OC[C@H](C[C@H]2CCCOC2)NC(=O)OC(C)(C)C)cc1.[N-]=[N+]=[N-].[Na+]. The van der Waals surface area contributed by atoms with Crippen LogP contribution in [0.2, 0.25) is 0 Å². The van der Waals surface area contributed by atoms with Crippen LogP contribution in [0, 0.1) is 36.5 Å². The fourth-order valence-electron chi connectivity index (χ4n) is 12.4. The fourth-order valence-corrected chi connectivity index (χ4v) is 13.4. The second-order valence-corrected chi connectivity index (χ2v) is 35.3. The van der Waals surface area contributed by atoms with Gasteiger partial charge in [0.2, 0.25) is 0 Å². The number of hydrogen-bond donors (Lipinski definition) is 8. The number of azide groups is 1. The van der Waals surface area contributed by atoms with Crippen LogP contribution in [0.3, 0.4) is 0 Å². The topological polar surface area (TPSA) is 476 Å². The van der Waals surface area contributed by atoms with Gasteiger partial charge in [-0.1, -0.05) is 22.8 Å². The number of amides is 5. The summed E-state index contributed by atoms with van der Waals surface area (Å²) in [4.78, 5) is 65.8. The number of aliphatic hydroxyl groups is 3. The second-order valence-electron chi connectivity index (χ2n) is 33.7. The third-order valence-corrected chi connectivity index (χ3v) is 18.3. The third-order valence-electron chi connectivity index (χ3n) is 17.0. The van der Waals surface area contributed by atoms with Crippen LogP contribution in [0.25, 0.3) is 26.4 Å². The van der Waals surface area contributed by atoms with Gasteiger partial charge in [0, 0.05) is 110 Å². The van der Waals surface area contributed by atoms with E-state index in [2.05, 4.69) is 31.3 Å². The van der Waals surface area contributed by atoms with Gasteiger partial charge in [-0.05, 0) is 268 Å². The predicted octanol–water partition coefficient (Wildman–Crippen LogP) is 10.0. The van der Waals surface area contributed by atoms with Crippen LogP contribution in [0.15, 0.2) is 34.3 Å². The first kappa shape index (κ1) is 110. The average Bonchev–Trinajstić information content (AvgIpc) is 1.65. The Labute approximate surface area is 696 Å². The number of rotatable bonds is 22. The number of nitrogens with zero attached hydrogens (tertiary/aromatic N) is 7. The third kappa shape index (κ3) is 55.1. The Hall–Kier alpha value is -5.30. The Morgan fingerprint density at radius 2 is 0.858 bits per heavy atom. The Morgan fingerprint density at radius 3 is 1.19 bits per heavy atom. The molecule has 6 aliphatic heterocycles. The van der Waals surface area contributed by atoms with Gasteiger partial charge in [0.05, 0.1) is 42.8 Å². The molecule has 34 nitrogen and oxygen atoms in total. The molecular formula is C77H143N12NaO22S. The van der Waals surface area contributed by atoms with Crippen molar-refractivity contribution in [1.29, 1.82) is 0 Å².